The van der Waals surface area contributed by atoms with Crippen LogP contribution in [0.5, 0.6) is 0 Å². The Morgan fingerprint density at radius 2 is 1.04 bits per heavy atom. The van der Waals surface area contributed by atoms with Gasteiger partial charge in [0.05, 0.1) is 18.4 Å². The van der Waals surface area contributed by atoms with E-state index >= 15 is 0 Å². The Morgan fingerprint density at radius 3 is 1.19 bits per heavy atom. The topological polar surface area (TPSA) is 9.23 Å². The van der Waals surface area contributed by atoms with E-state index in [1.165, 1.54) is 0 Å². The lowest BCUT2D eigenvalue weighted by atomic mass is 9.75. The maximum atomic E-state index is 12.4. The average molecular weight is 379 g/mol. The van der Waals surface area contributed by atoms with Crippen molar-refractivity contribution in [2.24, 2.45) is 29.1 Å². The zero-order valence-corrected chi connectivity index (χ0v) is 21.4. The van der Waals surface area contributed by atoms with Crippen molar-refractivity contribution < 1.29 is 9.13 Å². The zero-order chi connectivity index (χ0) is 22.3. The van der Waals surface area contributed by atoms with Crippen LogP contribution in [0.1, 0.15) is 111 Å². The van der Waals surface area contributed by atoms with Crippen LogP contribution in [0.2, 0.25) is 0 Å². The normalized spacial score (nSPS) is 14.9. The molecule has 0 aliphatic heterocycles. The lowest BCUT2D eigenvalue weighted by molar-refractivity contribution is -0.0802. The van der Waals surface area contributed by atoms with Gasteiger partial charge in [-0.15, -0.1) is 0 Å². The van der Waals surface area contributed by atoms with Gasteiger partial charge < -0.3 is 4.74 Å². The molecular formula is C24H55FO. The molecule has 1 nitrogen and oxygen atoms in total. The summed E-state index contributed by atoms with van der Waals surface area (Å²) in [5.74, 6) is 2.36. The summed E-state index contributed by atoms with van der Waals surface area (Å²) < 4.78 is 18.2. The third kappa shape index (κ3) is 18.7. The van der Waals surface area contributed by atoms with E-state index in [-0.39, 0.29) is 17.7 Å². The van der Waals surface area contributed by atoms with Gasteiger partial charge in [-0.25, -0.2) is 0 Å². The van der Waals surface area contributed by atoms with Crippen LogP contribution in [-0.2, 0) is 4.74 Å². The Hall–Kier alpha value is -0.110. The van der Waals surface area contributed by atoms with Gasteiger partial charge >= 0.3 is 0 Å². The molecule has 3 atom stereocenters. The predicted octanol–water partition coefficient (Wildman–Crippen LogP) is 8.81. The molecule has 0 amide bonds. The van der Waals surface area contributed by atoms with Gasteiger partial charge in [-0.1, -0.05) is 83.1 Å². The van der Waals surface area contributed by atoms with E-state index in [1.54, 1.807) is 0 Å². The molecule has 0 saturated heterocycles. The average Bonchev–Trinajstić information content (AvgIpc) is 2.55. The van der Waals surface area contributed by atoms with Crippen molar-refractivity contribution in [2.75, 3.05) is 6.67 Å². The number of hydrogen-bond acceptors (Lipinski definition) is 1. The molecular weight excluding hydrogens is 323 g/mol. The first-order valence-electron chi connectivity index (χ1n) is 10.9. The van der Waals surface area contributed by atoms with Crippen LogP contribution in [0, 0.1) is 29.1 Å². The molecule has 0 aromatic carbocycles. The molecule has 3 unspecified atom stereocenters. The fourth-order valence-corrected chi connectivity index (χ4v) is 2.23. The van der Waals surface area contributed by atoms with Crippen LogP contribution in [0.4, 0.5) is 4.39 Å². The minimum atomic E-state index is -0.216. The van der Waals surface area contributed by atoms with E-state index in [4.69, 9.17) is 4.74 Å². The molecule has 0 aromatic heterocycles. The number of hydrogen-bond donors (Lipinski definition) is 0. The number of rotatable bonds is 6. The molecule has 0 heterocycles. The molecule has 0 rings (SSSR count). The van der Waals surface area contributed by atoms with E-state index in [0.717, 1.165) is 0 Å². The molecule has 0 bridgehead atoms. The lowest BCUT2D eigenvalue weighted by Gasteiger charge is -2.31. The quantitative estimate of drug-likeness (QED) is 0.448. The van der Waals surface area contributed by atoms with Gasteiger partial charge in [0, 0.05) is 0 Å². The summed E-state index contributed by atoms with van der Waals surface area (Å²) in [7, 11) is 0. The highest BCUT2D eigenvalue weighted by Gasteiger charge is 2.27. The van der Waals surface area contributed by atoms with Crippen molar-refractivity contribution in [3.63, 3.8) is 0 Å². The molecule has 0 aliphatic carbocycles. The molecule has 0 saturated carbocycles. The molecule has 0 N–H and O–H groups in total. The SMILES string of the molecule is CC.CC.CC(C)C(C)C(C)(C)CF.CC(C)C(C)C(C)OC(C)(C)C. The fraction of sp³-hybridized carbons (Fsp3) is 1.00. The summed E-state index contributed by atoms with van der Waals surface area (Å²) in [6, 6.07) is 0. The van der Waals surface area contributed by atoms with Gasteiger partial charge in [0.15, 0.2) is 0 Å². The first kappa shape index (κ1) is 33.5. The van der Waals surface area contributed by atoms with E-state index in [2.05, 4.69) is 69.2 Å². The largest absolute Gasteiger partial charge is 0.373 e. The third-order valence-electron chi connectivity index (χ3n) is 4.91. The van der Waals surface area contributed by atoms with Gasteiger partial charge in [0.2, 0.25) is 0 Å². The minimum absolute atomic E-state index is 0.0113. The van der Waals surface area contributed by atoms with E-state index in [1.807, 2.05) is 41.5 Å². The van der Waals surface area contributed by atoms with Crippen molar-refractivity contribution in [3.05, 3.63) is 0 Å². The molecule has 2 heteroatoms. The standard InChI is InChI=1S/C11H24O.C9H19F.2C2H6/c1-8(2)9(3)10(4)12-11(5,6)7;1-7(2)8(3)9(4,5)6-10;2*1-2/h8-10H,1-7H3;7-8H,6H2,1-5H3;2*1-2H3. The Balaban J connectivity index is -0.000000157. The van der Waals surface area contributed by atoms with Crippen molar-refractivity contribution >= 4 is 0 Å². The Bertz CT molecular complexity index is 276. The molecule has 0 spiro atoms. The number of ether oxygens (including phenoxy) is 1. The highest BCUT2D eigenvalue weighted by Crippen LogP contribution is 2.32. The van der Waals surface area contributed by atoms with Gasteiger partial charge in [0.1, 0.15) is 0 Å². The van der Waals surface area contributed by atoms with Crippen LogP contribution in [0.15, 0.2) is 0 Å². The second kappa shape index (κ2) is 17.0. The summed E-state index contributed by atoms with van der Waals surface area (Å²) in [4.78, 5) is 0. The van der Waals surface area contributed by atoms with Crippen molar-refractivity contribution in [3.8, 4) is 0 Å². The first-order chi connectivity index (χ1) is 11.7. The number of halogens is 1. The summed E-state index contributed by atoms with van der Waals surface area (Å²) in [5, 5.41) is 0. The monoisotopic (exact) mass is 378 g/mol. The maximum Gasteiger partial charge on any atom is 0.0947 e. The molecule has 0 radical (unpaired) electrons. The summed E-state index contributed by atoms with van der Waals surface area (Å²) in [5.41, 5.74) is -0.156. The minimum Gasteiger partial charge on any atom is -0.373 e. The molecule has 26 heavy (non-hydrogen) atoms. The van der Waals surface area contributed by atoms with Crippen LogP contribution in [-0.4, -0.2) is 18.4 Å². The summed E-state index contributed by atoms with van der Waals surface area (Å²) >= 11 is 0. The van der Waals surface area contributed by atoms with Crippen LogP contribution >= 0.6 is 0 Å². The smallest absolute Gasteiger partial charge is 0.0947 e. The highest BCUT2D eigenvalue weighted by atomic mass is 19.1. The first-order valence-corrected chi connectivity index (χ1v) is 10.9. The predicted molar refractivity (Wildman–Crippen MR) is 121 cm³/mol. The van der Waals surface area contributed by atoms with Crippen LogP contribution in [0.25, 0.3) is 0 Å². The van der Waals surface area contributed by atoms with Crippen molar-refractivity contribution in [1.82, 2.24) is 0 Å². The summed E-state index contributed by atoms with van der Waals surface area (Å²) in [6.07, 6.45) is 0.352. The Morgan fingerprint density at radius 1 is 0.692 bits per heavy atom. The van der Waals surface area contributed by atoms with E-state index in [0.29, 0.717) is 29.8 Å². The fourth-order valence-electron chi connectivity index (χ4n) is 2.23. The van der Waals surface area contributed by atoms with Gasteiger partial charge in [-0.2, -0.15) is 0 Å². The summed E-state index contributed by atoms with van der Waals surface area (Å²) in [6.45, 7) is 33.4. The lowest BCUT2D eigenvalue weighted by Crippen LogP contribution is -2.31. The molecule has 0 fully saturated rings. The number of alkyl halides is 1. The third-order valence-corrected chi connectivity index (χ3v) is 4.91. The molecule has 0 aromatic rings. The molecule has 164 valence electrons. The Kier molecular flexibility index (Phi) is 21.9. The van der Waals surface area contributed by atoms with Gasteiger partial charge in [0.25, 0.3) is 0 Å². The van der Waals surface area contributed by atoms with Gasteiger partial charge in [-0.05, 0) is 56.8 Å². The highest BCUT2D eigenvalue weighted by molar-refractivity contribution is 4.76. The van der Waals surface area contributed by atoms with Crippen molar-refractivity contribution in [2.45, 2.75) is 122 Å². The Labute approximate surface area is 167 Å². The van der Waals surface area contributed by atoms with Crippen LogP contribution in [0.3, 0.4) is 0 Å². The zero-order valence-electron chi connectivity index (χ0n) is 21.4. The second-order valence-electron chi connectivity index (χ2n) is 9.19. The van der Waals surface area contributed by atoms with Crippen LogP contribution < -0.4 is 0 Å². The van der Waals surface area contributed by atoms with Crippen molar-refractivity contribution in [1.29, 1.82) is 0 Å². The maximum absolute atomic E-state index is 12.4. The molecule has 0 aliphatic rings. The second-order valence-corrected chi connectivity index (χ2v) is 9.19. The van der Waals surface area contributed by atoms with E-state index in [9.17, 15) is 4.39 Å². The van der Waals surface area contributed by atoms with Gasteiger partial charge in [-0.3, -0.25) is 4.39 Å². The van der Waals surface area contributed by atoms with E-state index < -0.39 is 0 Å².